The average Bonchev–Trinajstić information content (AvgIpc) is 2.25. The highest BCUT2D eigenvalue weighted by Crippen LogP contribution is 2.00. The Hall–Kier alpha value is -1.02. The number of nitrogens with zero attached hydrogens (tertiary/aromatic N) is 2. The van der Waals surface area contributed by atoms with Gasteiger partial charge >= 0.3 is 11.7 Å². The minimum atomic E-state index is -1.13. The number of carboxylic acid groups (broad SMARTS) is 1. The summed E-state index contributed by atoms with van der Waals surface area (Å²) in [6.45, 7) is -0.200. The molecule has 1 N–H and O–H groups in total. The fourth-order valence-electron chi connectivity index (χ4n) is 1.26. The minimum Gasteiger partial charge on any atom is -0.480 e. The van der Waals surface area contributed by atoms with E-state index in [2.05, 4.69) is 15.9 Å². The molecule has 0 atom stereocenters. The molecule has 0 aliphatic rings. The number of hydrogen-bond acceptors (Lipinski definition) is 4. The third kappa shape index (κ3) is 3.47. The van der Waals surface area contributed by atoms with Crippen LogP contribution in [0.25, 0.3) is 0 Å². The number of aromatic nitrogens is 2. The Morgan fingerprint density at radius 3 is 2.71 bits per heavy atom. The molecule has 1 aromatic rings. The minimum absolute atomic E-state index is 0.180. The first-order valence-corrected chi connectivity index (χ1v) is 6.86. The molecule has 0 aliphatic heterocycles. The quantitative estimate of drug-likeness (QED) is 0.838. The van der Waals surface area contributed by atoms with Crippen LogP contribution >= 0.6 is 27.7 Å². The molecule has 0 amide bonds. The number of carbonyl (C=O) groups is 1. The third-order valence-corrected chi connectivity index (χ3v) is 3.15. The van der Waals surface area contributed by atoms with Gasteiger partial charge in [0.1, 0.15) is 6.54 Å². The molecule has 0 radical (unpaired) electrons. The van der Waals surface area contributed by atoms with Crippen molar-refractivity contribution in [3.05, 3.63) is 31.5 Å². The summed E-state index contributed by atoms with van der Waals surface area (Å²) in [6.07, 6.45) is 3.06. The maximum absolute atomic E-state index is 11.8. The Morgan fingerprint density at radius 2 is 2.18 bits per heavy atom. The smallest absolute Gasteiger partial charge is 0.331 e. The molecule has 1 heterocycles. The molecule has 0 fully saturated rings. The second-order valence-electron chi connectivity index (χ2n) is 3.23. The third-order valence-electron chi connectivity index (χ3n) is 2.02. The summed E-state index contributed by atoms with van der Waals surface area (Å²) in [5, 5.41) is 8.65. The van der Waals surface area contributed by atoms with Gasteiger partial charge in [0, 0.05) is 18.5 Å². The van der Waals surface area contributed by atoms with Gasteiger partial charge in [-0.2, -0.15) is 11.8 Å². The molecular formula is C9H11BrN2O4S. The van der Waals surface area contributed by atoms with Crippen LogP contribution in [0.2, 0.25) is 0 Å². The zero-order valence-corrected chi connectivity index (χ0v) is 11.5. The number of rotatable bonds is 5. The Bertz CT molecular complexity index is 537. The standard InChI is InChI=1S/C9H11BrN2O4S/c1-17-3-2-12-8(15)6(10)4-11(9(12)16)5-7(13)14/h4H,2-3,5H2,1H3,(H,13,14). The first-order chi connectivity index (χ1) is 7.97. The Kier molecular flexibility index (Phi) is 5.01. The summed E-state index contributed by atoms with van der Waals surface area (Å²) in [7, 11) is 0. The highest BCUT2D eigenvalue weighted by molar-refractivity contribution is 9.10. The van der Waals surface area contributed by atoms with Crippen molar-refractivity contribution in [2.75, 3.05) is 12.0 Å². The van der Waals surface area contributed by atoms with Gasteiger partial charge in [0.25, 0.3) is 5.56 Å². The summed E-state index contributed by atoms with van der Waals surface area (Å²) in [5.41, 5.74) is -1.04. The number of hydrogen-bond donors (Lipinski definition) is 1. The number of aliphatic carboxylic acids is 1. The largest absolute Gasteiger partial charge is 0.480 e. The van der Waals surface area contributed by atoms with Crippen LogP contribution < -0.4 is 11.2 Å². The number of carboxylic acids is 1. The van der Waals surface area contributed by atoms with Crippen molar-refractivity contribution >= 4 is 33.7 Å². The Balaban J connectivity index is 3.27. The fraction of sp³-hybridized carbons (Fsp3) is 0.444. The molecule has 0 saturated carbocycles. The molecule has 17 heavy (non-hydrogen) atoms. The summed E-state index contributed by atoms with van der Waals surface area (Å²) >= 11 is 4.52. The topological polar surface area (TPSA) is 81.3 Å². The summed E-state index contributed by atoms with van der Waals surface area (Å²) < 4.78 is 2.21. The van der Waals surface area contributed by atoms with Gasteiger partial charge in [-0.3, -0.25) is 18.7 Å². The zero-order chi connectivity index (χ0) is 13.0. The van der Waals surface area contributed by atoms with Gasteiger partial charge in [-0.15, -0.1) is 0 Å². The normalized spacial score (nSPS) is 10.5. The van der Waals surface area contributed by atoms with Crippen molar-refractivity contribution in [3.63, 3.8) is 0 Å². The van der Waals surface area contributed by atoms with Crippen molar-refractivity contribution in [1.82, 2.24) is 9.13 Å². The van der Waals surface area contributed by atoms with Crippen LogP contribution in [-0.2, 0) is 17.9 Å². The first kappa shape index (κ1) is 14.0. The molecule has 0 saturated heterocycles. The van der Waals surface area contributed by atoms with Gasteiger partial charge < -0.3 is 5.11 Å². The summed E-state index contributed by atoms with van der Waals surface area (Å²) in [4.78, 5) is 34.1. The predicted octanol–water partition coefficient (Wildman–Crippen LogP) is 0.220. The molecule has 8 heteroatoms. The second kappa shape index (κ2) is 6.06. The Morgan fingerprint density at radius 1 is 1.53 bits per heavy atom. The van der Waals surface area contributed by atoms with E-state index in [1.165, 1.54) is 18.0 Å². The predicted molar refractivity (Wildman–Crippen MR) is 68.7 cm³/mol. The highest BCUT2D eigenvalue weighted by atomic mass is 79.9. The SMILES string of the molecule is CSCCn1c(=O)c(Br)cn(CC(=O)O)c1=O. The van der Waals surface area contributed by atoms with Crippen LogP contribution in [0.4, 0.5) is 0 Å². The number of thioether (sulfide) groups is 1. The van der Waals surface area contributed by atoms with Gasteiger partial charge in [-0.25, -0.2) is 4.79 Å². The average molecular weight is 323 g/mol. The zero-order valence-electron chi connectivity index (χ0n) is 9.05. The monoisotopic (exact) mass is 322 g/mol. The van der Waals surface area contributed by atoms with Crippen LogP contribution in [-0.4, -0.2) is 32.2 Å². The molecule has 6 nitrogen and oxygen atoms in total. The van der Waals surface area contributed by atoms with Crippen LogP contribution in [0.1, 0.15) is 0 Å². The van der Waals surface area contributed by atoms with E-state index in [0.29, 0.717) is 5.75 Å². The molecule has 0 unspecified atom stereocenters. The van der Waals surface area contributed by atoms with Crippen LogP contribution in [0.15, 0.2) is 20.3 Å². The van der Waals surface area contributed by atoms with Crippen molar-refractivity contribution in [1.29, 1.82) is 0 Å². The maximum Gasteiger partial charge on any atom is 0.331 e. The number of halogens is 1. The lowest BCUT2D eigenvalue weighted by Crippen LogP contribution is -2.41. The fourth-order valence-corrected chi connectivity index (χ4v) is 2.08. The molecule has 1 rings (SSSR count). The summed E-state index contributed by atoms with van der Waals surface area (Å²) in [5.74, 6) is -0.521. The molecule has 0 aliphatic carbocycles. The van der Waals surface area contributed by atoms with E-state index in [1.54, 1.807) is 0 Å². The van der Waals surface area contributed by atoms with E-state index in [1.807, 2.05) is 6.26 Å². The molecular weight excluding hydrogens is 312 g/mol. The van der Waals surface area contributed by atoms with Gasteiger partial charge in [-0.1, -0.05) is 0 Å². The van der Waals surface area contributed by atoms with E-state index in [-0.39, 0.29) is 11.0 Å². The highest BCUT2D eigenvalue weighted by Gasteiger charge is 2.11. The Labute approximate surface area is 109 Å². The summed E-state index contributed by atoms with van der Waals surface area (Å²) in [6, 6.07) is 0. The van der Waals surface area contributed by atoms with Crippen molar-refractivity contribution in [2.24, 2.45) is 0 Å². The van der Waals surface area contributed by atoms with Crippen LogP contribution in [0.3, 0.4) is 0 Å². The maximum atomic E-state index is 11.8. The molecule has 94 valence electrons. The van der Waals surface area contributed by atoms with E-state index < -0.39 is 23.8 Å². The first-order valence-electron chi connectivity index (χ1n) is 4.68. The van der Waals surface area contributed by atoms with Crippen LogP contribution in [0, 0.1) is 0 Å². The molecule has 0 aromatic carbocycles. The van der Waals surface area contributed by atoms with Crippen molar-refractivity contribution in [3.8, 4) is 0 Å². The lowest BCUT2D eigenvalue weighted by Gasteiger charge is -2.08. The van der Waals surface area contributed by atoms with E-state index in [0.717, 1.165) is 9.13 Å². The van der Waals surface area contributed by atoms with Gasteiger partial charge in [0.2, 0.25) is 0 Å². The van der Waals surface area contributed by atoms with Crippen molar-refractivity contribution in [2.45, 2.75) is 13.1 Å². The van der Waals surface area contributed by atoms with Gasteiger partial charge in [0.15, 0.2) is 0 Å². The van der Waals surface area contributed by atoms with E-state index in [9.17, 15) is 14.4 Å². The van der Waals surface area contributed by atoms with E-state index >= 15 is 0 Å². The molecule has 1 aromatic heterocycles. The lowest BCUT2D eigenvalue weighted by atomic mass is 10.5. The molecule has 0 spiro atoms. The molecule has 0 bridgehead atoms. The second-order valence-corrected chi connectivity index (χ2v) is 5.07. The van der Waals surface area contributed by atoms with Gasteiger partial charge in [-0.05, 0) is 22.2 Å². The van der Waals surface area contributed by atoms with Gasteiger partial charge in [0.05, 0.1) is 4.47 Å². The lowest BCUT2D eigenvalue weighted by molar-refractivity contribution is -0.137. The van der Waals surface area contributed by atoms with E-state index in [4.69, 9.17) is 5.11 Å². The van der Waals surface area contributed by atoms with Crippen LogP contribution in [0.5, 0.6) is 0 Å². The van der Waals surface area contributed by atoms with Crippen molar-refractivity contribution < 1.29 is 9.90 Å².